The molecule has 9 heteroatoms. The molecular formula is C19H25Cl2N5O2. The van der Waals surface area contributed by atoms with Crippen molar-refractivity contribution in [1.82, 2.24) is 25.3 Å². The number of hydrogen-bond donors (Lipinski definition) is 1. The molecule has 2 aromatic rings. The number of aromatic nitrogens is 2. The van der Waals surface area contributed by atoms with Crippen molar-refractivity contribution in [2.24, 2.45) is 0 Å². The molecule has 2 heterocycles. The van der Waals surface area contributed by atoms with Crippen LogP contribution in [-0.2, 0) is 6.42 Å². The third-order valence-electron chi connectivity index (χ3n) is 4.87. The Hall–Kier alpha value is -1.67. The molecular weight excluding hydrogens is 401 g/mol. The molecule has 1 aromatic carbocycles. The van der Waals surface area contributed by atoms with Crippen molar-refractivity contribution in [3.8, 4) is 0 Å². The molecule has 0 bridgehead atoms. The van der Waals surface area contributed by atoms with Crippen molar-refractivity contribution in [3.63, 3.8) is 0 Å². The first-order valence-corrected chi connectivity index (χ1v) is 10.3. The number of likely N-dealkylation sites (N-methyl/N-ethyl adjacent to an activating group) is 1. The molecule has 1 amide bonds. The van der Waals surface area contributed by atoms with Crippen LogP contribution in [0.15, 0.2) is 22.6 Å². The number of nitrogens with one attached hydrogen (secondary N) is 1. The Morgan fingerprint density at radius 2 is 1.93 bits per heavy atom. The molecule has 1 fully saturated rings. The molecule has 0 atom stereocenters. The third kappa shape index (κ3) is 5.91. The minimum absolute atomic E-state index is 0.0309. The van der Waals surface area contributed by atoms with Gasteiger partial charge in [0.05, 0.1) is 6.42 Å². The first-order valence-electron chi connectivity index (χ1n) is 9.54. The van der Waals surface area contributed by atoms with Gasteiger partial charge in [-0.1, -0.05) is 36.2 Å². The highest BCUT2D eigenvalue weighted by molar-refractivity contribution is 6.35. The fraction of sp³-hybridized carbons (Fsp3) is 0.526. The molecule has 0 radical (unpaired) electrons. The van der Waals surface area contributed by atoms with Crippen LogP contribution in [0.2, 0.25) is 10.0 Å². The maximum Gasteiger partial charge on any atom is 0.308 e. The van der Waals surface area contributed by atoms with Crippen molar-refractivity contribution in [2.75, 3.05) is 45.8 Å². The summed E-state index contributed by atoms with van der Waals surface area (Å²) in [6.45, 7) is 9.26. The van der Waals surface area contributed by atoms with Crippen LogP contribution in [0.3, 0.4) is 0 Å². The fourth-order valence-corrected chi connectivity index (χ4v) is 3.63. The summed E-state index contributed by atoms with van der Waals surface area (Å²) in [5.74, 6) is -0.0448. The number of piperazine rings is 1. The summed E-state index contributed by atoms with van der Waals surface area (Å²) in [5, 5.41) is 11.7. The number of halogens is 2. The van der Waals surface area contributed by atoms with Crippen LogP contribution in [-0.4, -0.2) is 71.7 Å². The zero-order valence-corrected chi connectivity index (χ0v) is 17.5. The Labute approximate surface area is 175 Å². The zero-order chi connectivity index (χ0) is 19.9. The molecule has 7 nitrogen and oxygen atoms in total. The molecule has 28 heavy (non-hydrogen) atoms. The van der Waals surface area contributed by atoms with Gasteiger partial charge in [0, 0.05) is 42.8 Å². The summed E-state index contributed by atoms with van der Waals surface area (Å²) in [7, 11) is 0. The third-order valence-corrected chi connectivity index (χ3v) is 5.45. The lowest BCUT2D eigenvalue weighted by Gasteiger charge is -2.33. The van der Waals surface area contributed by atoms with E-state index in [0.717, 1.165) is 51.3 Å². The Balaban J connectivity index is 1.40. The van der Waals surface area contributed by atoms with E-state index in [0.29, 0.717) is 28.9 Å². The summed E-state index contributed by atoms with van der Waals surface area (Å²) < 4.78 is 5.46. The second kappa shape index (κ2) is 10.2. The van der Waals surface area contributed by atoms with Gasteiger partial charge in [0.2, 0.25) is 5.89 Å². The molecule has 0 aliphatic carbocycles. The highest BCUT2D eigenvalue weighted by atomic mass is 35.5. The lowest BCUT2D eigenvalue weighted by atomic mass is 10.1. The normalized spacial score (nSPS) is 15.7. The van der Waals surface area contributed by atoms with Gasteiger partial charge in [-0.15, -0.1) is 10.2 Å². The largest absolute Gasteiger partial charge is 0.417 e. The van der Waals surface area contributed by atoms with Gasteiger partial charge in [-0.2, -0.15) is 0 Å². The second-order valence-corrected chi connectivity index (χ2v) is 7.64. The van der Waals surface area contributed by atoms with Gasteiger partial charge in [-0.3, -0.25) is 4.79 Å². The number of benzene rings is 1. The summed E-state index contributed by atoms with van der Waals surface area (Å²) in [6, 6.07) is 5.20. The van der Waals surface area contributed by atoms with E-state index in [9.17, 15) is 4.79 Å². The summed E-state index contributed by atoms with van der Waals surface area (Å²) >= 11 is 12.0. The minimum Gasteiger partial charge on any atom is -0.417 e. The highest BCUT2D eigenvalue weighted by Crippen LogP contribution is 2.23. The van der Waals surface area contributed by atoms with Gasteiger partial charge in [0.15, 0.2) is 0 Å². The van der Waals surface area contributed by atoms with E-state index < -0.39 is 0 Å². The van der Waals surface area contributed by atoms with Gasteiger partial charge in [0.25, 0.3) is 0 Å². The fourth-order valence-electron chi connectivity index (χ4n) is 3.15. The van der Waals surface area contributed by atoms with Crippen LogP contribution in [0.4, 0.5) is 0 Å². The number of rotatable bonds is 8. The second-order valence-electron chi connectivity index (χ2n) is 6.80. The minimum atomic E-state index is -0.350. The SMILES string of the molecule is CCN1CCN(CCCNC(=O)c2nnc(Cc3ccc(Cl)cc3Cl)o2)CC1. The van der Waals surface area contributed by atoms with Crippen molar-refractivity contribution >= 4 is 29.1 Å². The summed E-state index contributed by atoms with van der Waals surface area (Å²) in [5.41, 5.74) is 0.810. The first kappa shape index (κ1) is 21.0. The van der Waals surface area contributed by atoms with Crippen LogP contribution < -0.4 is 5.32 Å². The number of hydrogen-bond acceptors (Lipinski definition) is 6. The van der Waals surface area contributed by atoms with E-state index in [1.807, 2.05) is 0 Å². The lowest BCUT2D eigenvalue weighted by Crippen LogP contribution is -2.46. The van der Waals surface area contributed by atoms with Crippen LogP contribution >= 0.6 is 23.2 Å². The predicted octanol–water partition coefficient (Wildman–Crippen LogP) is 2.72. The maximum absolute atomic E-state index is 12.2. The van der Waals surface area contributed by atoms with Gasteiger partial charge in [-0.25, -0.2) is 0 Å². The van der Waals surface area contributed by atoms with Crippen LogP contribution in [0.5, 0.6) is 0 Å². The monoisotopic (exact) mass is 425 g/mol. The number of nitrogens with zero attached hydrogens (tertiary/aromatic N) is 4. The lowest BCUT2D eigenvalue weighted by molar-refractivity contribution is 0.0912. The standard InChI is InChI=1S/C19H25Cl2N5O2/c1-2-25-8-10-26(11-9-25)7-3-6-22-18(27)19-24-23-17(28-19)12-14-4-5-15(20)13-16(14)21/h4-5,13H,2-3,6-12H2,1H3,(H,22,27). The molecule has 152 valence electrons. The smallest absolute Gasteiger partial charge is 0.308 e. The van der Waals surface area contributed by atoms with E-state index in [2.05, 4.69) is 32.2 Å². The van der Waals surface area contributed by atoms with Crippen molar-refractivity contribution in [2.45, 2.75) is 19.8 Å². The van der Waals surface area contributed by atoms with Crippen LogP contribution in [0.1, 0.15) is 35.5 Å². The van der Waals surface area contributed by atoms with Gasteiger partial charge >= 0.3 is 11.8 Å². The average Bonchev–Trinajstić information content (AvgIpc) is 3.16. The zero-order valence-electron chi connectivity index (χ0n) is 16.0. The Kier molecular flexibility index (Phi) is 7.67. The topological polar surface area (TPSA) is 74.5 Å². The molecule has 0 unspecified atom stereocenters. The molecule has 3 rings (SSSR count). The quantitative estimate of drug-likeness (QED) is 0.655. The average molecular weight is 426 g/mol. The van der Waals surface area contributed by atoms with E-state index in [4.69, 9.17) is 27.6 Å². The molecule has 1 saturated heterocycles. The van der Waals surface area contributed by atoms with Gasteiger partial charge < -0.3 is 19.5 Å². The van der Waals surface area contributed by atoms with Crippen LogP contribution in [0, 0.1) is 0 Å². The van der Waals surface area contributed by atoms with E-state index >= 15 is 0 Å². The first-order chi connectivity index (χ1) is 13.5. The van der Waals surface area contributed by atoms with Crippen molar-refractivity contribution in [3.05, 3.63) is 45.6 Å². The molecule has 0 saturated carbocycles. The van der Waals surface area contributed by atoms with Crippen molar-refractivity contribution < 1.29 is 9.21 Å². The maximum atomic E-state index is 12.2. The Morgan fingerprint density at radius 1 is 1.18 bits per heavy atom. The van der Waals surface area contributed by atoms with Crippen LogP contribution in [0.25, 0.3) is 0 Å². The molecule has 0 spiro atoms. The highest BCUT2D eigenvalue weighted by Gasteiger charge is 2.17. The summed E-state index contributed by atoms with van der Waals surface area (Å²) in [6.07, 6.45) is 1.24. The van der Waals surface area contributed by atoms with Gasteiger partial charge in [0.1, 0.15) is 0 Å². The van der Waals surface area contributed by atoms with Crippen molar-refractivity contribution in [1.29, 1.82) is 0 Å². The number of carbonyl (C=O) groups is 1. The Bertz CT molecular complexity index is 790. The van der Waals surface area contributed by atoms with E-state index in [1.54, 1.807) is 18.2 Å². The summed E-state index contributed by atoms with van der Waals surface area (Å²) in [4.78, 5) is 17.1. The predicted molar refractivity (Wildman–Crippen MR) is 109 cm³/mol. The van der Waals surface area contributed by atoms with E-state index in [1.165, 1.54) is 0 Å². The molecule has 1 aliphatic heterocycles. The van der Waals surface area contributed by atoms with E-state index in [-0.39, 0.29) is 11.8 Å². The number of carbonyl (C=O) groups excluding carboxylic acids is 1. The van der Waals surface area contributed by atoms with Gasteiger partial charge in [-0.05, 0) is 37.2 Å². The molecule has 1 aliphatic rings. The molecule has 1 aromatic heterocycles. The Morgan fingerprint density at radius 3 is 2.64 bits per heavy atom. The molecule has 1 N–H and O–H groups in total. The number of amides is 1.